The number of hydrogen-bond acceptors (Lipinski definition) is 5. The third kappa shape index (κ3) is 4.80. The minimum absolute atomic E-state index is 0.633. The largest absolute Gasteiger partial charge is 0.284 e. The van der Waals surface area contributed by atoms with Crippen molar-refractivity contribution in [1.82, 2.24) is 29.3 Å². The molecule has 0 N–H and O–H groups in total. The molecule has 0 atom stereocenters. The second kappa shape index (κ2) is 11.1. The minimum Gasteiger partial charge on any atom is -0.284 e. The molecule has 0 aliphatic heterocycles. The van der Waals surface area contributed by atoms with Crippen molar-refractivity contribution in [2.75, 3.05) is 0 Å². The maximum absolute atomic E-state index is 5.16. The molecule has 0 bridgehead atoms. The number of rotatable bonds is 5. The van der Waals surface area contributed by atoms with Gasteiger partial charge in [0.05, 0.1) is 5.69 Å². The van der Waals surface area contributed by atoms with E-state index in [1.54, 1.807) is 0 Å². The van der Waals surface area contributed by atoms with E-state index >= 15 is 0 Å². The van der Waals surface area contributed by atoms with Crippen LogP contribution in [0.3, 0.4) is 0 Å². The Labute approximate surface area is 270 Å². The molecule has 0 spiro atoms. The lowest BCUT2D eigenvalue weighted by atomic mass is 9.98. The van der Waals surface area contributed by atoms with Gasteiger partial charge in [-0.05, 0) is 29.3 Å². The second-order valence-corrected chi connectivity index (χ2v) is 11.4. The number of aromatic nitrogens is 6. The number of pyridine rings is 2. The van der Waals surface area contributed by atoms with Crippen LogP contribution in [0.4, 0.5) is 0 Å². The van der Waals surface area contributed by atoms with Gasteiger partial charge < -0.3 is 0 Å². The fourth-order valence-electron chi connectivity index (χ4n) is 6.15. The van der Waals surface area contributed by atoms with Gasteiger partial charge in [-0.3, -0.25) is 4.40 Å². The van der Waals surface area contributed by atoms with Crippen molar-refractivity contribution >= 4 is 27.6 Å². The lowest BCUT2D eigenvalue weighted by Gasteiger charge is -2.11. The topological polar surface area (TPSA) is 68.9 Å². The Morgan fingerprint density at radius 2 is 0.915 bits per heavy atom. The van der Waals surface area contributed by atoms with E-state index in [2.05, 4.69) is 77.2 Å². The summed E-state index contributed by atoms with van der Waals surface area (Å²) in [5.74, 6) is 1.92. The first-order valence-corrected chi connectivity index (χ1v) is 15.5. The Hall–Kier alpha value is -6.53. The maximum atomic E-state index is 5.16. The highest BCUT2D eigenvalue weighted by Crippen LogP contribution is 2.34. The van der Waals surface area contributed by atoms with Crippen LogP contribution in [0, 0.1) is 0 Å². The third-order valence-electron chi connectivity index (χ3n) is 8.47. The van der Waals surface area contributed by atoms with Gasteiger partial charge in [-0.2, -0.15) is 0 Å². The van der Waals surface area contributed by atoms with Crippen LogP contribution in [0.2, 0.25) is 0 Å². The summed E-state index contributed by atoms with van der Waals surface area (Å²) in [4.78, 5) is 24.7. The van der Waals surface area contributed by atoms with E-state index in [1.165, 1.54) is 0 Å². The van der Waals surface area contributed by atoms with Gasteiger partial charge in [0.2, 0.25) is 0 Å². The maximum Gasteiger partial charge on any atom is 0.165 e. The van der Waals surface area contributed by atoms with Crippen LogP contribution in [0.1, 0.15) is 0 Å². The van der Waals surface area contributed by atoms with E-state index in [0.29, 0.717) is 17.5 Å². The number of nitrogens with zero attached hydrogens (tertiary/aromatic N) is 6. The molecule has 6 heteroatoms. The van der Waals surface area contributed by atoms with Crippen LogP contribution in [-0.4, -0.2) is 29.3 Å². The molecule has 0 unspecified atom stereocenters. The summed E-state index contributed by atoms with van der Waals surface area (Å²) < 4.78 is 2.05. The van der Waals surface area contributed by atoms with Gasteiger partial charge >= 0.3 is 0 Å². The van der Waals surface area contributed by atoms with Crippen LogP contribution in [0.15, 0.2) is 158 Å². The Kier molecular flexibility index (Phi) is 6.35. The van der Waals surface area contributed by atoms with Crippen molar-refractivity contribution in [3.8, 4) is 56.5 Å². The van der Waals surface area contributed by atoms with E-state index in [0.717, 1.165) is 66.7 Å². The Bertz CT molecular complexity index is 2500. The van der Waals surface area contributed by atoms with Gasteiger partial charge in [0.15, 0.2) is 23.1 Å². The predicted molar refractivity (Wildman–Crippen MR) is 189 cm³/mol. The molecule has 47 heavy (non-hydrogen) atoms. The van der Waals surface area contributed by atoms with E-state index in [4.69, 9.17) is 24.9 Å². The first kappa shape index (κ1) is 26.8. The molecule has 4 heterocycles. The SMILES string of the molecule is c1ccc(-c2nc(-c3ccccc3)nc(-c3cccc(-c4ccc(-c5nc6c(nc7ccccn76)c6ccccc56)cc4)c3)n2)cc1. The minimum atomic E-state index is 0.633. The quantitative estimate of drug-likeness (QED) is 0.196. The Morgan fingerprint density at radius 3 is 1.62 bits per heavy atom. The Balaban J connectivity index is 1.12. The molecule has 0 amide bonds. The zero-order valence-electron chi connectivity index (χ0n) is 25.2. The standard InChI is InChI=1S/C41H26N6/c1-3-12-29(13-4-1)38-44-39(30-14-5-2-6-15-30)46-40(45-38)32-17-11-16-31(26-32)27-21-23-28(24-22-27)36-33-18-7-8-19-34(33)37-41(43-36)47-25-10-9-20-35(47)42-37/h1-26H. The molecule has 6 nitrogen and oxygen atoms in total. The highest BCUT2D eigenvalue weighted by molar-refractivity contribution is 6.09. The fourth-order valence-corrected chi connectivity index (χ4v) is 6.15. The van der Waals surface area contributed by atoms with E-state index in [1.807, 2.05) is 85.1 Å². The number of fused-ring (bicyclic) bond motifs is 5. The molecule has 9 rings (SSSR count). The summed E-state index contributed by atoms with van der Waals surface area (Å²) in [7, 11) is 0. The molecule has 0 aliphatic carbocycles. The van der Waals surface area contributed by atoms with Gasteiger partial charge in [-0.1, -0.05) is 133 Å². The van der Waals surface area contributed by atoms with E-state index < -0.39 is 0 Å². The monoisotopic (exact) mass is 602 g/mol. The molecule has 9 aromatic rings. The van der Waals surface area contributed by atoms with Crippen molar-refractivity contribution in [2.24, 2.45) is 0 Å². The fraction of sp³-hybridized carbons (Fsp3) is 0. The van der Waals surface area contributed by atoms with Gasteiger partial charge in [0.1, 0.15) is 11.2 Å². The second-order valence-electron chi connectivity index (χ2n) is 11.4. The predicted octanol–water partition coefficient (Wildman–Crippen LogP) is 9.56. The van der Waals surface area contributed by atoms with E-state index in [9.17, 15) is 0 Å². The molecular formula is C41H26N6. The molecule has 0 saturated carbocycles. The molecule has 0 fully saturated rings. The van der Waals surface area contributed by atoms with Crippen LogP contribution in [0.5, 0.6) is 0 Å². The molecule has 0 aliphatic rings. The summed E-state index contributed by atoms with van der Waals surface area (Å²) in [5, 5.41) is 2.17. The molecule has 4 aromatic heterocycles. The molecule has 5 aromatic carbocycles. The highest BCUT2D eigenvalue weighted by Gasteiger charge is 2.16. The third-order valence-corrected chi connectivity index (χ3v) is 8.47. The summed E-state index contributed by atoms with van der Waals surface area (Å²) in [6.07, 6.45) is 2.02. The molecule has 220 valence electrons. The average Bonchev–Trinajstić information content (AvgIpc) is 3.54. The van der Waals surface area contributed by atoms with Crippen LogP contribution in [-0.2, 0) is 0 Å². The van der Waals surface area contributed by atoms with Gasteiger partial charge in [-0.25, -0.2) is 24.9 Å². The van der Waals surface area contributed by atoms with Crippen molar-refractivity contribution in [3.05, 3.63) is 158 Å². The molecule has 0 radical (unpaired) electrons. The van der Waals surface area contributed by atoms with Crippen LogP contribution in [0.25, 0.3) is 84.1 Å². The first-order chi connectivity index (χ1) is 23.3. The van der Waals surface area contributed by atoms with Gasteiger partial charge in [0, 0.05) is 39.2 Å². The Morgan fingerprint density at radius 1 is 0.362 bits per heavy atom. The summed E-state index contributed by atoms with van der Waals surface area (Å²) in [6, 6.07) is 51.5. The first-order valence-electron chi connectivity index (χ1n) is 15.5. The normalized spacial score (nSPS) is 11.4. The lowest BCUT2D eigenvalue weighted by Crippen LogP contribution is -2.00. The summed E-state index contributed by atoms with van der Waals surface area (Å²) >= 11 is 0. The number of hydrogen-bond donors (Lipinski definition) is 0. The van der Waals surface area contributed by atoms with Gasteiger partial charge in [-0.15, -0.1) is 0 Å². The van der Waals surface area contributed by atoms with Crippen molar-refractivity contribution < 1.29 is 0 Å². The average molecular weight is 603 g/mol. The summed E-state index contributed by atoms with van der Waals surface area (Å²) in [5.41, 5.74) is 9.63. The van der Waals surface area contributed by atoms with E-state index in [-0.39, 0.29) is 0 Å². The van der Waals surface area contributed by atoms with Crippen molar-refractivity contribution in [3.63, 3.8) is 0 Å². The number of benzene rings is 5. The molecule has 0 saturated heterocycles. The zero-order chi connectivity index (χ0) is 31.2. The number of imidazole rings is 1. The lowest BCUT2D eigenvalue weighted by molar-refractivity contribution is 1.07. The van der Waals surface area contributed by atoms with Crippen LogP contribution >= 0.6 is 0 Å². The van der Waals surface area contributed by atoms with Crippen molar-refractivity contribution in [2.45, 2.75) is 0 Å². The van der Waals surface area contributed by atoms with Gasteiger partial charge in [0.25, 0.3) is 0 Å². The smallest absolute Gasteiger partial charge is 0.165 e. The van der Waals surface area contributed by atoms with Crippen molar-refractivity contribution in [1.29, 1.82) is 0 Å². The summed E-state index contributed by atoms with van der Waals surface area (Å²) in [6.45, 7) is 0. The zero-order valence-corrected chi connectivity index (χ0v) is 25.2. The molecular weight excluding hydrogens is 576 g/mol. The van der Waals surface area contributed by atoms with Crippen LogP contribution < -0.4 is 0 Å². The highest BCUT2D eigenvalue weighted by atomic mass is 15.1.